The van der Waals surface area contributed by atoms with E-state index in [1.54, 1.807) is 0 Å². The van der Waals surface area contributed by atoms with Crippen molar-refractivity contribution in [1.29, 1.82) is 0 Å². The maximum atomic E-state index is 9.55. The number of aryl methyl sites for hydroxylation is 2. The minimum Gasteiger partial charge on any atom is -0.508 e. The van der Waals surface area contributed by atoms with E-state index >= 15 is 0 Å². The van der Waals surface area contributed by atoms with Crippen LogP contribution in [0, 0.1) is 6.92 Å². The molecule has 1 aliphatic rings. The van der Waals surface area contributed by atoms with Crippen molar-refractivity contribution in [2.75, 3.05) is 0 Å². The highest BCUT2D eigenvalue weighted by molar-refractivity contribution is 6.30. The fourth-order valence-electron chi connectivity index (χ4n) is 3.33. The molecule has 0 amide bonds. The first-order valence-electron chi connectivity index (χ1n) is 7.43. The van der Waals surface area contributed by atoms with Crippen LogP contribution in [0.25, 0.3) is 11.3 Å². The lowest BCUT2D eigenvalue weighted by molar-refractivity contribution is 0.513. The predicted molar refractivity (Wildman–Crippen MR) is 94.4 cm³/mol. The molecule has 1 N–H and O–H groups in total. The molecule has 2 aromatic rings. The number of fused-ring (bicyclic) bond motifs is 1. The molecular formula is C20H19ClO. The Balaban J connectivity index is 1.99. The zero-order chi connectivity index (χ0) is 15.9. The zero-order valence-corrected chi connectivity index (χ0v) is 13.5. The normalized spacial score (nSPS) is 17.2. The summed E-state index contributed by atoms with van der Waals surface area (Å²) in [4.78, 5) is 0. The number of aliphatic hydroxyl groups is 1. The summed E-state index contributed by atoms with van der Waals surface area (Å²) in [5.74, 6) is 0.442. The lowest BCUT2D eigenvalue weighted by atomic mass is 9.75. The second-order valence-corrected chi connectivity index (χ2v) is 6.37. The van der Waals surface area contributed by atoms with Crippen molar-refractivity contribution < 1.29 is 5.11 Å². The molecule has 112 valence electrons. The molecule has 1 unspecified atom stereocenters. The maximum Gasteiger partial charge on any atom is 0.115 e. The monoisotopic (exact) mass is 310 g/mol. The molecule has 0 radical (unpaired) electrons. The van der Waals surface area contributed by atoms with Gasteiger partial charge in [-0.15, -0.1) is 0 Å². The van der Waals surface area contributed by atoms with Crippen LogP contribution >= 0.6 is 11.6 Å². The number of allylic oxidation sites excluding steroid dienone is 1. The summed E-state index contributed by atoms with van der Waals surface area (Å²) in [6, 6.07) is 12.1. The number of benzene rings is 2. The van der Waals surface area contributed by atoms with Gasteiger partial charge in [0.1, 0.15) is 5.76 Å². The van der Waals surface area contributed by atoms with E-state index in [9.17, 15) is 5.11 Å². The lowest BCUT2D eigenvalue weighted by Gasteiger charge is -2.29. The van der Waals surface area contributed by atoms with Crippen LogP contribution in [0.4, 0.5) is 0 Å². The summed E-state index contributed by atoms with van der Waals surface area (Å²) in [6.45, 7) is 10.0. The fourth-order valence-corrected chi connectivity index (χ4v) is 3.56. The van der Waals surface area contributed by atoms with Crippen molar-refractivity contribution in [1.82, 2.24) is 0 Å². The van der Waals surface area contributed by atoms with Gasteiger partial charge in [0.25, 0.3) is 0 Å². The van der Waals surface area contributed by atoms with Crippen LogP contribution in [0.1, 0.15) is 40.2 Å². The van der Waals surface area contributed by atoms with Gasteiger partial charge >= 0.3 is 0 Å². The van der Waals surface area contributed by atoms with E-state index in [-0.39, 0.29) is 5.76 Å². The Morgan fingerprint density at radius 3 is 2.68 bits per heavy atom. The quantitative estimate of drug-likeness (QED) is 0.682. The van der Waals surface area contributed by atoms with Crippen LogP contribution in [0.15, 0.2) is 49.6 Å². The number of hydrogen-bond donors (Lipinski definition) is 1. The van der Waals surface area contributed by atoms with Gasteiger partial charge in [-0.05, 0) is 65.8 Å². The van der Waals surface area contributed by atoms with Crippen molar-refractivity contribution in [3.8, 4) is 0 Å². The molecule has 0 aromatic heterocycles. The van der Waals surface area contributed by atoms with Crippen molar-refractivity contribution >= 4 is 22.9 Å². The summed E-state index contributed by atoms with van der Waals surface area (Å²) < 4.78 is 0. The number of aliphatic hydroxyl groups excluding tert-OH is 1. The standard InChI is InChI=1S/C20H19ClO/c1-12-10-17(21)6-9-18(12)20-8-5-16-11-15(14(3)22)4-7-19(16)13(20)2/h4,6-7,9-11,20,22H,2-3,5,8H2,1H3. The van der Waals surface area contributed by atoms with E-state index in [2.05, 4.69) is 26.1 Å². The van der Waals surface area contributed by atoms with Crippen molar-refractivity contribution in [3.05, 3.63) is 82.4 Å². The Hall–Kier alpha value is -1.99. The van der Waals surface area contributed by atoms with Crippen molar-refractivity contribution in [3.63, 3.8) is 0 Å². The van der Waals surface area contributed by atoms with E-state index in [0.29, 0.717) is 5.92 Å². The zero-order valence-electron chi connectivity index (χ0n) is 12.7. The highest BCUT2D eigenvalue weighted by Gasteiger charge is 2.25. The maximum absolute atomic E-state index is 9.55. The van der Waals surface area contributed by atoms with E-state index in [1.165, 1.54) is 22.3 Å². The van der Waals surface area contributed by atoms with Gasteiger partial charge in [-0.3, -0.25) is 0 Å². The summed E-state index contributed by atoms with van der Waals surface area (Å²) in [5.41, 5.74) is 6.86. The summed E-state index contributed by atoms with van der Waals surface area (Å²) in [5, 5.41) is 10.3. The van der Waals surface area contributed by atoms with Crippen molar-refractivity contribution in [2.45, 2.75) is 25.7 Å². The third kappa shape index (κ3) is 2.57. The Morgan fingerprint density at radius 1 is 1.23 bits per heavy atom. The third-order valence-electron chi connectivity index (χ3n) is 4.51. The van der Waals surface area contributed by atoms with Gasteiger partial charge in [-0.25, -0.2) is 0 Å². The van der Waals surface area contributed by atoms with E-state index in [1.807, 2.05) is 30.3 Å². The molecule has 0 saturated heterocycles. The molecule has 0 aliphatic heterocycles. The van der Waals surface area contributed by atoms with Gasteiger partial charge in [0, 0.05) is 16.5 Å². The molecule has 1 nitrogen and oxygen atoms in total. The first-order valence-corrected chi connectivity index (χ1v) is 7.81. The molecule has 0 fully saturated rings. The van der Waals surface area contributed by atoms with Crippen molar-refractivity contribution in [2.24, 2.45) is 0 Å². The fraction of sp³-hybridized carbons (Fsp3) is 0.200. The Morgan fingerprint density at radius 2 is 2.00 bits per heavy atom. The molecule has 2 aromatic carbocycles. The van der Waals surface area contributed by atoms with Crippen LogP contribution < -0.4 is 0 Å². The van der Waals surface area contributed by atoms with E-state index in [0.717, 1.165) is 29.0 Å². The SMILES string of the molecule is C=C(O)c1ccc2c(c1)CCC(c1ccc(Cl)cc1C)C2=C. The van der Waals surface area contributed by atoms with Crippen LogP contribution in [-0.2, 0) is 6.42 Å². The first kappa shape index (κ1) is 14.9. The molecular weight excluding hydrogens is 292 g/mol. The highest BCUT2D eigenvalue weighted by Crippen LogP contribution is 2.42. The van der Waals surface area contributed by atoms with Gasteiger partial charge in [-0.2, -0.15) is 0 Å². The lowest BCUT2D eigenvalue weighted by Crippen LogP contribution is -2.12. The molecule has 0 saturated carbocycles. The average molecular weight is 311 g/mol. The first-order chi connectivity index (χ1) is 10.5. The summed E-state index contributed by atoms with van der Waals surface area (Å²) >= 11 is 6.07. The minimum absolute atomic E-state index is 0.115. The van der Waals surface area contributed by atoms with E-state index in [4.69, 9.17) is 11.6 Å². The molecule has 1 aliphatic carbocycles. The Kier molecular flexibility index (Phi) is 3.84. The molecule has 2 heteroatoms. The summed E-state index contributed by atoms with van der Waals surface area (Å²) in [7, 11) is 0. The van der Waals surface area contributed by atoms with Gasteiger partial charge in [-0.1, -0.05) is 43.0 Å². The third-order valence-corrected chi connectivity index (χ3v) is 4.75. The van der Waals surface area contributed by atoms with Crippen LogP contribution in [0.3, 0.4) is 0 Å². The molecule has 3 rings (SSSR count). The molecule has 0 bridgehead atoms. The van der Waals surface area contributed by atoms with E-state index < -0.39 is 0 Å². The molecule has 0 spiro atoms. The smallest absolute Gasteiger partial charge is 0.115 e. The second-order valence-electron chi connectivity index (χ2n) is 5.94. The van der Waals surface area contributed by atoms with Gasteiger partial charge in [0.2, 0.25) is 0 Å². The summed E-state index contributed by atoms with van der Waals surface area (Å²) in [6.07, 6.45) is 2.00. The molecule has 1 atom stereocenters. The minimum atomic E-state index is 0.115. The average Bonchev–Trinajstić information content (AvgIpc) is 2.48. The van der Waals surface area contributed by atoms with Crippen LogP contribution in [0.2, 0.25) is 5.02 Å². The van der Waals surface area contributed by atoms with Crippen LogP contribution in [-0.4, -0.2) is 5.11 Å². The largest absolute Gasteiger partial charge is 0.508 e. The molecule has 0 heterocycles. The number of hydrogen-bond acceptors (Lipinski definition) is 1. The highest BCUT2D eigenvalue weighted by atomic mass is 35.5. The van der Waals surface area contributed by atoms with Gasteiger partial charge in [0.05, 0.1) is 0 Å². The predicted octanol–water partition coefficient (Wildman–Crippen LogP) is 5.92. The van der Waals surface area contributed by atoms with Gasteiger partial charge in [0.15, 0.2) is 0 Å². The second kappa shape index (κ2) is 5.66. The molecule has 22 heavy (non-hydrogen) atoms. The number of rotatable bonds is 2. The van der Waals surface area contributed by atoms with Crippen LogP contribution in [0.5, 0.6) is 0 Å². The van der Waals surface area contributed by atoms with Gasteiger partial charge < -0.3 is 5.11 Å². The number of halogens is 1. The topological polar surface area (TPSA) is 20.2 Å². The Labute approximate surface area is 136 Å². The Bertz CT molecular complexity index is 773.